The fourth-order valence-corrected chi connectivity index (χ4v) is 3.88. The first-order chi connectivity index (χ1) is 15.2. The van der Waals surface area contributed by atoms with Crippen LogP contribution < -0.4 is 19.5 Å². The van der Waals surface area contributed by atoms with Gasteiger partial charge < -0.3 is 13.9 Å². The smallest absolute Gasteiger partial charge is 0.335 e. The van der Waals surface area contributed by atoms with Crippen LogP contribution in [-0.4, -0.2) is 44.4 Å². The Labute approximate surface area is 183 Å². The van der Waals surface area contributed by atoms with Crippen molar-refractivity contribution in [3.63, 3.8) is 0 Å². The summed E-state index contributed by atoms with van der Waals surface area (Å²) in [6.07, 6.45) is 0.0994. The molecule has 3 rings (SSSR count). The number of ether oxygens (including phenoxy) is 2. The van der Waals surface area contributed by atoms with Crippen molar-refractivity contribution in [3.05, 3.63) is 59.5 Å². The van der Waals surface area contributed by atoms with Crippen LogP contribution in [0.25, 0.3) is 0 Å². The lowest BCUT2D eigenvalue weighted by atomic mass is 10.1. The summed E-state index contributed by atoms with van der Waals surface area (Å²) < 4.78 is 43.0. The Kier molecular flexibility index (Phi) is 6.73. The first-order valence-corrected chi connectivity index (χ1v) is 10.7. The Hall–Kier alpha value is -3.93. The predicted octanol–water partition coefficient (Wildman–Crippen LogP) is 2.39. The van der Waals surface area contributed by atoms with Gasteiger partial charge in [0.15, 0.2) is 11.5 Å². The van der Waals surface area contributed by atoms with Crippen LogP contribution >= 0.6 is 0 Å². The van der Waals surface area contributed by atoms with Crippen molar-refractivity contribution in [2.24, 2.45) is 0 Å². The SMILES string of the molecule is COc1cc(OC)nc(NC(=O)NS(=O)(=O)c2ccccc2Cc2ccc(C(C)=O)o2)n1. The zero-order valence-electron chi connectivity index (χ0n) is 17.4. The van der Waals surface area contributed by atoms with Crippen LogP contribution in [0.1, 0.15) is 28.8 Å². The van der Waals surface area contributed by atoms with Gasteiger partial charge >= 0.3 is 6.03 Å². The molecule has 2 aromatic heterocycles. The molecular formula is C20H20N4O7S. The Bertz CT molecular complexity index is 1230. The number of furan rings is 1. The highest BCUT2D eigenvalue weighted by atomic mass is 32.2. The Morgan fingerprint density at radius 3 is 2.28 bits per heavy atom. The van der Waals surface area contributed by atoms with Crippen molar-refractivity contribution in [1.82, 2.24) is 14.7 Å². The van der Waals surface area contributed by atoms with E-state index < -0.39 is 16.1 Å². The molecule has 1 aromatic carbocycles. The second-order valence-electron chi connectivity index (χ2n) is 6.44. The van der Waals surface area contributed by atoms with Crippen molar-refractivity contribution >= 4 is 27.8 Å². The highest BCUT2D eigenvalue weighted by molar-refractivity contribution is 7.90. The minimum Gasteiger partial charge on any atom is -0.481 e. The minimum absolute atomic E-state index is 0.0994. The molecule has 0 bridgehead atoms. The average molecular weight is 460 g/mol. The van der Waals surface area contributed by atoms with Gasteiger partial charge in [0.25, 0.3) is 10.0 Å². The molecular weight excluding hydrogens is 440 g/mol. The number of Topliss-reactive ketones (excluding diaryl/α,β-unsaturated/α-hetero) is 1. The highest BCUT2D eigenvalue weighted by Gasteiger charge is 2.22. The maximum atomic E-state index is 12.9. The van der Waals surface area contributed by atoms with Gasteiger partial charge in [-0.3, -0.25) is 10.1 Å². The van der Waals surface area contributed by atoms with Gasteiger partial charge in [-0.05, 0) is 23.8 Å². The number of methoxy groups -OCH3 is 2. The highest BCUT2D eigenvalue weighted by Crippen LogP contribution is 2.21. The molecule has 0 unspecified atom stereocenters. The van der Waals surface area contributed by atoms with Gasteiger partial charge in [0.1, 0.15) is 5.76 Å². The first-order valence-electron chi connectivity index (χ1n) is 9.20. The number of nitrogens with zero attached hydrogens (tertiary/aromatic N) is 2. The monoisotopic (exact) mass is 460 g/mol. The second kappa shape index (κ2) is 9.47. The number of sulfonamides is 1. The lowest BCUT2D eigenvalue weighted by Crippen LogP contribution is -2.35. The third-order valence-corrected chi connectivity index (χ3v) is 5.62. The molecule has 0 radical (unpaired) electrons. The van der Waals surface area contributed by atoms with E-state index in [1.54, 1.807) is 18.2 Å². The van der Waals surface area contributed by atoms with Gasteiger partial charge in [-0.25, -0.2) is 17.9 Å². The minimum atomic E-state index is -4.26. The van der Waals surface area contributed by atoms with Gasteiger partial charge in [0.2, 0.25) is 17.7 Å². The standard InChI is InChI=1S/C20H20N4O7S/c1-12(25)15-9-8-14(31-15)10-13-6-4-5-7-16(13)32(27,28)24-20(26)23-19-21-17(29-2)11-18(22-19)30-3/h4-9,11H,10H2,1-3H3,(H2,21,22,23,24,26). The first kappa shape index (κ1) is 22.7. The second-order valence-corrected chi connectivity index (χ2v) is 8.09. The van der Waals surface area contributed by atoms with E-state index in [0.29, 0.717) is 11.3 Å². The van der Waals surface area contributed by atoms with Crippen molar-refractivity contribution in [3.8, 4) is 11.8 Å². The molecule has 0 saturated heterocycles. The third kappa shape index (κ3) is 5.40. The van der Waals surface area contributed by atoms with E-state index >= 15 is 0 Å². The van der Waals surface area contributed by atoms with Crippen LogP contribution in [0.2, 0.25) is 0 Å². The maximum Gasteiger partial charge on any atom is 0.335 e. The van der Waals surface area contributed by atoms with Gasteiger partial charge in [-0.1, -0.05) is 18.2 Å². The number of amides is 2. The number of carbonyl (C=O) groups is 2. The Balaban J connectivity index is 1.79. The number of hydrogen-bond acceptors (Lipinski definition) is 9. The van der Waals surface area contributed by atoms with E-state index in [0.717, 1.165) is 0 Å². The molecule has 0 aliphatic rings. The van der Waals surface area contributed by atoms with Crippen LogP contribution in [-0.2, 0) is 16.4 Å². The topological polar surface area (TPSA) is 150 Å². The van der Waals surface area contributed by atoms with E-state index in [4.69, 9.17) is 13.9 Å². The van der Waals surface area contributed by atoms with E-state index in [2.05, 4.69) is 15.3 Å². The fourth-order valence-electron chi connectivity index (χ4n) is 2.73. The van der Waals surface area contributed by atoms with E-state index in [-0.39, 0.29) is 40.6 Å². The third-order valence-electron chi connectivity index (χ3n) is 4.19. The summed E-state index contributed by atoms with van der Waals surface area (Å²) in [7, 11) is -1.53. The van der Waals surface area contributed by atoms with Crippen LogP contribution in [0.3, 0.4) is 0 Å². The maximum absolute atomic E-state index is 12.9. The molecule has 0 saturated carbocycles. The molecule has 0 fully saturated rings. The number of carbonyl (C=O) groups excluding carboxylic acids is 2. The van der Waals surface area contributed by atoms with E-state index in [9.17, 15) is 18.0 Å². The van der Waals surface area contributed by atoms with Gasteiger partial charge in [0.05, 0.1) is 25.2 Å². The van der Waals surface area contributed by atoms with Crippen molar-refractivity contribution in [2.45, 2.75) is 18.2 Å². The van der Waals surface area contributed by atoms with Gasteiger partial charge in [0, 0.05) is 13.3 Å². The largest absolute Gasteiger partial charge is 0.481 e. The summed E-state index contributed by atoms with van der Waals surface area (Å²) in [5.74, 6) is 0.347. The van der Waals surface area contributed by atoms with Gasteiger partial charge in [-0.15, -0.1) is 0 Å². The summed E-state index contributed by atoms with van der Waals surface area (Å²) in [6, 6.07) is 9.53. The lowest BCUT2D eigenvalue weighted by molar-refractivity contribution is 0.0985. The summed E-state index contributed by atoms with van der Waals surface area (Å²) >= 11 is 0. The molecule has 11 nitrogen and oxygen atoms in total. The number of anilines is 1. The Morgan fingerprint density at radius 2 is 1.69 bits per heavy atom. The number of hydrogen-bond donors (Lipinski definition) is 2. The van der Waals surface area contributed by atoms with Crippen LogP contribution in [0.4, 0.5) is 10.7 Å². The number of nitrogens with one attached hydrogen (secondary N) is 2. The Morgan fingerprint density at radius 1 is 1.03 bits per heavy atom. The molecule has 32 heavy (non-hydrogen) atoms. The molecule has 0 atom stereocenters. The summed E-state index contributed by atoms with van der Waals surface area (Å²) in [5.41, 5.74) is 0.372. The zero-order chi connectivity index (χ0) is 23.3. The fraction of sp³-hybridized carbons (Fsp3) is 0.200. The van der Waals surface area contributed by atoms with Crippen LogP contribution in [0.15, 0.2) is 51.8 Å². The molecule has 168 valence electrons. The number of urea groups is 1. The molecule has 12 heteroatoms. The summed E-state index contributed by atoms with van der Waals surface area (Å²) in [6.45, 7) is 1.37. The molecule has 2 heterocycles. The van der Waals surface area contributed by atoms with Crippen LogP contribution in [0.5, 0.6) is 11.8 Å². The van der Waals surface area contributed by atoms with E-state index in [1.165, 1.54) is 45.4 Å². The van der Waals surface area contributed by atoms with Crippen molar-refractivity contribution < 1.29 is 31.9 Å². The normalized spacial score (nSPS) is 11.0. The molecule has 0 spiro atoms. The number of rotatable bonds is 8. The molecule has 3 aromatic rings. The van der Waals surface area contributed by atoms with Gasteiger partial charge in [-0.2, -0.15) is 9.97 Å². The molecule has 0 aliphatic carbocycles. The lowest BCUT2D eigenvalue weighted by Gasteiger charge is -2.12. The summed E-state index contributed by atoms with van der Waals surface area (Å²) in [4.78, 5) is 31.4. The average Bonchev–Trinajstić information content (AvgIpc) is 3.22. The predicted molar refractivity (Wildman–Crippen MR) is 112 cm³/mol. The number of ketones is 1. The number of aromatic nitrogens is 2. The van der Waals surface area contributed by atoms with Crippen molar-refractivity contribution in [1.29, 1.82) is 0 Å². The zero-order valence-corrected chi connectivity index (χ0v) is 18.2. The van der Waals surface area contributed by atoms with E-state index in [1.807, 2.05) is 4.72 Å². The molecule has 0 aliphatic heterocycles. The van der Waals surface area contributed by atoms with Crippen molar-refractivity contribution in [2.75, 3.05) is 19.5 Å². The quantitative estimate of drug-likeness (QED) is 0.483. The van der Waals surface area contributed by atoms with Crippen LogP contribution in [0, 0.1) is 0 Å². The molecule has 2 N–H and O–H groups in total. The molecule has 2 amide bonds. The number of benzene rings is 1. The summed E-state index contributed by atoms with van der Waals surface area (Å²) in [5, 5.41) is 2.23.